The van der Waals surface area contributed by atoms with E-state index in [1.54, 1.807) is 6.07 Å². The molecule has 0 aliphatic rings. The molecule has 2 heteroatoms. The van der Waals surface area contributed by atoms with Crippen molar-refractivity contribution in [1.29, 1.82) is 0 Å². The third-order valence-corrected chi connectivity index (χ3v) is 2.47. The van der Waals surface area contributed by atoms with Gasteiger partial charge in [-0.15, -0.1) is 0 Å². The number of phenols is 1. The number of unbranched alkanes of at least 4 members (excludes halogenated alkanes) is 3. The minimum Gasteiger partial charge on any atom is -0.506 e. The molecule has 0 bridgehead atoms. The molecule has 0 spiro atoms. The minimum atomic E-state index is 0.206. The molecule has 3 N–H and O–H groups in total. The summed E-state index contributed by atoms with van der Waals surface area (Å²) in [6, 6.07) is 5.47. The molecule has 0 unspecified atom stereocenters. The van der Waals surface area contributed by atoms with Crippen LogP contribution in [-0.4, -0.2) is 5.11 Å². The van der Waals surface area contributed by atoms with Crippen LogP contribution >= 0.6 is 0 Å². The third kappa shape index (κ3) is 2.95. The molecule has 0 fully saturated rings. The molecule has 0 amide bonds. The maximum atomic E-state index is 9.38. The Hall–Kier alpha value is -1.18. The molecular formula is C12H19NO. The van der Waals surface area contributed by atoms with Crippen LogP contribution in [0.3, 0.4) is 0 Å². The van der Waals surface area contributed by atoms with Gasteiger partial charge < -0.3 is 10.8 Å². The Bertz CT molecular complexity index is 284. The first kappa shape index (κ1) is 10.9. The van der Waals surface area contributed by atoms with Crippen LogP contribution in [0.15, 0.2) is 18.2 Å². The highest BCUT2D eigenvalue weighted by Gasteiger charge is 2.02. The van der Waals surface area contributed by atoms with Gasteiger partial charge in [-0.3, -0.25) is 0 Å². The molecule has 0 aliphatic heterocycles. The van der Waals surface area contributed by atoms with Gasteiger partial charge >= 0.3 is 0 Å². The molecule has 1 aromatic carbocycles. The van der Waals surface area contributed by atoms with Crippen LogP contribution in [0.5, 0.6) is 5.75 Å². The van der Waals surface area contributed by atoms with Crippen LogP contribution in [0, 0.1) is 0 Å². The van der Waals surface area contributed by atoms with E-state index < -0.39 is 0 Å². The van der Waals surface area contributed by atoms with Crippen molar-refractivity contribution < 1.29 is 5.11 Å². The first-order valence-corrected chi connectivity index (χ1v) is 5.32. The lowest BCUT2D eigenvalue weighted by Gasteiger charge is -2.06. The van der Waals surface area contributed by atoms with E-state index in [4.69, 9.17) is 5.73 Å². The summed E-state index contributed by atoms with van der Waals surface area (Å²) in [5, 5.41) is 9.38. The van der Waals surface area contributed by atoms with E-state index in [2.05, 4.69) is 6.92 Å². The summed E-state index contributed by atoms with van der Waals surface area (Å²) in [5.74, 6) is 0.206. The molecule has 0 aliphatic carbocycles. The van der Waals surface area contributed by atoms with Gasteiger partial charge in [0.05, 0.1) is 5.69 Å². The summed E-state index contributed by atoms with van der Waals surface area (Å²) in [5.41, 5.74) is 7.36. The highest BCUT2D eigenvalue weighted by Crippen LogP contribution is 2.24. The third-order valence-electron chi connectivity index (χ3n) is 2.47. The zero-order valence-electron chi connectivity index (χ0n) is 8.79. The van der Waals surface area contributed by atoms with Crippen molar-refractivity contribution in [3.63, 3.8) is 0 Å². The summed E-state index contributed by atoms with van der Waals surface area (Å²) in [6.45, 7) is 2.20. The van der Waals surface area contributed by atoms with Crippen molar-refractivity contribution in [1.82, 2.24) is 0 Å². The van der Waals surface area contributed by atoms with Crippen LogP contribution in [0.25, 0.3) is 0 Å². The highest BCUT2D eigenvalue weighted by atomic mass is 16.3. The lowest BCUT2D eigenvalue weighted by Crippen LogP contribution is -1.94. The molecule has 2 nitrogen and oxygen atoms in total. The van der Waals surface area contributed by atoms with Crippen molar-refractivity contribution in [3.05, 3.63) is 23.8 Å². The Balaban J connectivity index is 2.46. The molecular weight excluding hydrogens is 174 g/mol. The average Bonchev–Trinajstić information content (AvgIpc) is 2.19. The highest BCUT2D eigenvalue weighted by molar-refractivity contribution is 5.57. The smallest absolute Gasteiger partial charge is 0.138 e. The molecule has 0 saturated carbocycles. The van der Waals surface area contributed by atoms with E-state index in [1.807, 2.05) is 12.1 Å². The van der Waals surface area contributed by atoms with E-state index in [0.29, 0.717) is 5.69 Å². The topological polar surface area (TPSA) is 46.2 Å². The van der Waals surface area contributed by atoms with Gasteiger partial charge in [0.1, 0.15) is 5.75 Å². The van der Waals surface area contributed by atoms with Crippen LogP contribution in [-0.2, 0) is 6.42 Å². The van der Waals surface area contributed by atoms with Crippen LogP contribution < -0.4 is 5.73 Å². The van der Waals surface area contributed by atoms with Gasteiger partial charge in [0.25, 0.3) is 0 Å². The number of anilines is 1. The fourth-order valence-electron chi connectivity index (χ4n) is 1.56. The van der Waals surface area contributed by atoms with Gasteiger partial charge in [0.2, 0.25) is 0 Å². The second-order valence-electron chi connectivity index (χ2n) is 3.66. The van der Waals surface area contributed by atoms with Gasteiger partial charge in [-0.05, 0) is 24.5 Å². The molecule has 0 aromatic heterocycles. The van der Waals surface area contributed by atoms with Crippen molar-refractivity contribution in [2.24, 2.45) is 0 Å². The standard InChI is InChI=1S/C12H19NO/c1-2-3-4-5-7-10-8-6-9-11(14)12(10)13/h6,8-9,14H,2-5,7,13H2,1H3. The zero-order chi connectivity index (χ0) is 10.4. The lowest BCUT2D eigenvalue weighted by atomic mass is 10.0. The van der Waals surface area contributed by atoms with Crippen molar-refractivity contribution in [2.45, 2.75) is 39.0 Å². The maximum Gasteiger partial charge on any atom is 0.138 e. The number of hydrogen-bond acceptors (Lipinski definition) is 2. The number of phenolic OH excluding ortho intramolecular Hbond substituents is 1. The molecule has 0 heterocycles. The second kappa shape index (κ2) is 5.53. The maximum absolute atomic E-state index is 9.38. The predicted molar refractivity (Wildman–Crippen MR) is 60.4 cm³/mol. The van der Waals surface area contributed by atoms with Gasteiger partial charge in [-0.2, -0.15) is 0 Å². The summed E-state index contributed by atoms with van der Waals surface area (Å²) in [7, 11) is 0. The molecule has 78 valence electrons. The van der Waals surface area contributed by atoms with Crippen LogP contribution in [0.1, 0.15) is 38.2 Å². The number of hydrogen-bond donors (Lipinski definition) is 2. The summed E-state index contributed by atoms with van der Waals surface area (Å²) < 4.78 is 0. The van der Waals surface area contributed by atoms with E-state index in [1.165, 1.54) is 19.3 Å². The quantitative estimate of drug-likeness (QED) is 0.429. The van der Waals surface area contributed by atoms with Crippen molar-refractivity contribution in [2.75, 3.05) is 5.73 Å². The normalized spacial score (nSPS) is 10.4. The fourth-order valence-corrected chi connectivity index (χ4v) is 1.56. The van der Waals surface area contributed by atoms with Gasteiger partial charge in [-0.25, -0.2) is 0 Å². The number of rotatable bonds is 5. The fraction of sp³-hybridized carbons (Fsp3) is 0.500. The predicted octanol–water partition coefficient (Wildman–Crippen LogP) is 3.10. The van der Waals surface area contributed by atoms with Crippen molar-refractivity contribution >= 4 is 5.69 Å². The molecule has 0 saturated heterocycles. The van der Waals surface area contributed by atoms with E-state index in [-0.39, 0.29) is 5.75 Å². The zero-order valence-corrected chi connectivity index (χ0v) is 8.79. The number of benzene rings is 1. The monoisotopic (exact) mass is 193 g/mol. The summed E-state index contributed by atoms with van der Waals surface area (Å²) in [6.07, 6.45) is 5.89. The SMILES string of the molecule is CCCCCCc1cccc(O)c1N. The van der Waals surface area contributed by atoms with Crippen molar-refractivity contribution in [3.8, 4) is 5.75 Å². The molecule has 1 rings (SSSR count). The first-order valence-electron chi connectivity index (χ1n) is 5.32. The van der Waals surface area contributed by atoms with E-state index >= 15 is 0 Å². The second-order valence-corrected chi connectivity index (χ2v) is 3.66. The van der Waals surface area contributed by atoms with Gasteiger partial charge in [0.15, 0.2) is 0 Å². The summed E-state index contributed by atoms with van der Waals surface area (Å²) in [4.78, 5) is 0. The Morgan fingerprint density at radius 3 is 2.71 bits per heavy atom. The number of aryl methyl sites for hydroxylation is 1. The Morgan fingerprint density at radius 1 is 1.21 bits per heavy atom. The Kier molecular flexibility index (Phi) is 4.30. The number of aromatic hydroxyl groups is 1. The van der Waals surface area contributed by atoms with Crippen LogP contribution in [0.4, 0.5) is 5.69 Å². The lowest BCUT2D eigenvalue weighted by molar-refractivity contribution is 0.477. The molecule has 14 heavy (non-hydrogen) atoms. The van der Waals surface area contributed by atoms with Gasteiger partial charge in [-0.1, -0.05) is 38.3 Å². The molecule has 0 atom stereocenters. The molecule has 0 radical (unpaired) electrons. The number of nitrogen functional groups attached to an aromatic ring is 1. The van der Waals surface area contributed by atoms with Crippen LogP contribution in [0.2, 0.25) is 0 Å². The largest absolute Gasteiger partial charge is 0.506 e. The average molecular weight is 193 g/mol. The summed E-state index contributed by atoms with van der Waals surface area (Å²) >= 11 is 0. The van der Waals surface area contributed by atoms with E-state index in [0.717, 1.165) is 18.4 Å². The number of para-hydroxylation sites is 1. The van der Waals surface area contributed by atoms with Gasteiger partial charge in [0, 0.05) is 0 Å². The Labute approximate surface area is 85.8 Å². The first-order chi connectivity index (χ1) is 6.75. The Morgan fingerprint density at radius 2 is 2.00 bits per heavy atom. The minimum absolute atomic E-state index is 0.206. The van der Waals surface area contributed by atoms with E-state index in [9.17, 15) is 5.11 Å². The molecule has 1 aromatic rings. The number of nitrogens with two attached hydrogens (primary N) is 1.